The lowest BCUT2D eigenvalue weighted by molar-refractivity contribution is 0.0921. The van der Waals surface area contributed by atoms with E-state index in [4.69, 9.17) is 0 Å². The molecule has 12 heavy (non-hydrogen) atoms. The van der Waals surface area contributed by atoms with Crippen molar-refractivity contribution in [3.63, 3.8) is 0 Å². The third kappa shape index (κ3) is 1.24. The monoisotopic (exact) mass is 178 g/mol. The summed E-state index contributed by atoms with van der Waals surface area (Å²) in [6, 6.07) is 1.97. The zero-order valence-electron chi connectivity index (χ0n) is 6.60. The predicted octanol–water partition coefficient (Wildman–Crippen LogP) is 2.45. The molecule has 0 amide bonds. The molecule has 0 saturated heterocycles. The summed E-state index contributed by atoms with van der Waals surface area (Å²) in [6.45, 7) is 0. The van der Waals surface area contributed by atoms with Crippen molar-refractivity contribution >= 4 is 11.3 Å². The highest BCUT2D eigenvalue weighted by atomic mass is 32.1. The summed E-state index contributed by atoms with van der Waals surface area (Å²) in [5.41, 5.74) is 0.238. The van der Waals surface area contributed by atoms with Crippen LogP contribution in [0.1, 0.15) is 12.0 Å². The second kappa shape index (κ2) is 2.88. The molecule has 1 unspecified atom stereocenters. The van der Waals surface area contributed by atoms with Crippen LogP contribution in [0.15, 0.2) is 41.1 Å². The van der Waals surface area contributed by atoms with Gasteiger partial charge in [-0.15, -0.1) is 0 Å². The first-order valence-corrected chi connectivity index (χ1v) is 4.85. The molecule has 1 aliphatic rings. The van der Waals surface area contributed by atoms with Crippen molar-refractivity contribution in [2.24, 2.45) is 0 Å². The van der Waals surface area contributed by atoms with E-state index in [1.54, 1.807) is 11.3 Å². The molecule has 0 bridgehead atoms. The molecule has 1 aromatic heterocycles. The van der Waals surface area contributed by atoms with Gasteiger partial charge in [-0.3, -0.25) is 0 Å². The Morgan fingerprint density at radius 1 is 1.42 bits per heavy atom. The number of hydrogen-bond donors (Lipinski definition) is 1. The Labute approximate surface area is 75.7 Å². The van der Waals surface area contributed by atoms with Gasteiger partial charge in [-0.2, -0.15) is 11.3 Å². The largest absolute Gasteiger partial charge is 0.381 e. The minimum atomic E-state index is -0.755. The molecule has 1 nitrogen and oxygen atoms in total. The third-order valence-electron chi connectivity index (χ3n) is 2.07. The van der Waals surface area contributed by atoms with Crippen LogP contribution in [0.4, 0.5) is 0 Å². The summed E-state index contributed by atoms with van der Waals surface area (Å²) in [4.78, 5) is 0. The van der Waals surface area contributed by atoms with E-state index in [1.807, 2.05) is 41.1 Å². The predicted molar refractivity (Wildman–Crippen MR) is 51.1 cm³/mol. The standard InChI is InChI=1S/C10H10OS/c11-10(5-2-1-3-6-10)9-4-7-12-8-9/h1-5,7-8,11H,6H2. The second-order valence-corrected chi connectivity index (χ2v) is 3.71. The number of thiophene rings is 1. The summed E-state index contributed by atoms with van der Waals surface area (Å²) in [5, 5.41) is 14.1. The lowest BCUT2D eigenvalue weighted by Crippen LogP contribution is -2.22. The van der Waals surface area contributed by atoms with E-state index in [0.29, 0.717) is 6.42 Å². The van der Waals surface area contributed by atoms with Gasteiger partial charge in [-0.25, -0.2) is 0 Å². The molecule has 62 valence electrons. The highest BCUT2D eigenvalue weighted by Gasteiger charge is 2.25. The number of aliphatic hydroxyl groups is 1. The molecule has 0 radical (unpaired) electrons. The molecule has 0 aliphatic heterocycles. The van der Waals surface area contributed by atoms with Crippen molar-refractivity contribution in [3.05, 3.63) is 46.7 Å². The van der Waals surface area contributed by atoms with Crippen LogP contribution in [-0.4, -0.2) is 5.11 Å². The quantitative estimate of drug-likeness (QED) is 0.700. The molecule has 1 aliphatic carbocycles. The Morgan fingerprint density at radius 3 is 2.92 bits per heavy atom. The maximum absolute atomic E-state index is 10.1. The van der Waals surface area contributed by atoms with Crippen molar-refractivity contribution in [2.45, 2.75) is 12.0 Å². The summed E-state index contributed by atoms with van der Waals surface area (Å²) in [5.74, 6) is 0. The molecule has 2 heteroatoms. The fourth-order valence-corrected chi connectivity index (χ4v) is 2.07. The SMILES string of the molecule is OC1(c2ccsc2)C=CC=CC1. The van der Waals surface area contributed by atoms with Crippen LogP contribution in [0.2, 0.25) is 0 Å². The van der Waals surface area contributed by atoms with Gasteiger partial charge in [0.2, 0.25) is 0 Å². The highest BCUT2D eigenvalue weighted by Crippen LogP contribution is 2.30. The third-order valence-corrected chi connectivity index (χ3v) is 2.75. The molecular weight excluding hydrogens is 168 g/mol. The first-order chi connectivity index (χ1) is 5.81. The van der Waals surface area contributed by atoms with E-state index in [2.05, 4.69) is 0 Å². The zero-order chi connectivity index (χ0) is 8.44. The van der Waals surface area contributed by atoms with Gasteiger partial charge in [0.05, 0.1) is 0 Å². The first kappa shape index (κ1) is 7.77. The van der Waals surface area contributed by atoms with Crippen LogP contribution in [0.5, 0.6) is 0 Å². The van der Waals surface area contributed by atoms with Crippen LogP contribution in [0, 0.1) is 0 Å². The van der Waals surface area contributed by atoms with Gasteiger partial charge in [0, 0.05) is 6.42 Å². The van der Waals surface area contributed by atoms with Gasteiger partial charge < -0.3 is 5.11 Å². The van der Waals surface area contributed by atoms with Crippen LogP contribution < -0.4 is 0 Å². The molecule has 0 fully saturated rings. The number of allylic oxidation sites excluding steroid dienone is 2. The molecule has 1 heterocycles. The van der Waals surface area contributed by atoms with Crippen LogP contribution in [0.25, 0.3) is 0 Å². The molecular formula is C10H10OS. The Kier molecular flexibility index (Phi) is 1.87. The van der Waals surface area contributed by atoms with E-state index in [0.717, 1.165) is 5.56 Å². The van der Waals surface area contributed by atoms with Gasteiger partial charge in [0.1, 0.15) is 5.60 Å². The fraction of sp³-hybridized carbons (Fsp3) is 0.200. The Balaban J connectivity index is 2.34. The molecule has 0 spiro atoms. The molecule has 1 aromatic rings. The zero-order valence-corrected chi connectivity index (χ0v) is 7.42. The molecule has 0 aromatic carbocycles. The van der Waals surface area contributed by atoms with Crippen LogP contribution in [0.3, 0.4) is 0 Å². The first-order valence-electron chi connectivity index (χ1n) is 3.91. The van der Waals surface area contributed by atoms with Gasteiger partial charge in [0.15, 0.2) is 0 Å². The highest BCUT2D eigenvalue weighted by molar-refractivity contribution is 7.08. The minimum absolute atomic E-state index is 0.681. The van der Waals surface area contributed by atoms with Gasteiger partial charge in [-0.05, 0) is 28.5 Å². The molecule has 1 N–H and O–H groups in total. The second-order valence-electron chi connectivity index (χ2n) is 2.93. The smallest absolute Gasteiger partial charge is 0.112 e. The van der Waals surface area contributed by atoms with Crippen molar-refractivity contribution in [1.82, 2.24) is 0 Å². The van der Waals surface area contributed by atoms with Gasteiger partial charge in [0.25, 0.3) is 0 Å². The van der Waals surface area contributed by atoms with Crippen LogP contribution in [-0.2, 0) is 5.60 Å². The lowest BCUT2D eigenvalue weighted by atomic mass is 9.90. The summed E-state index contributed by atoms with van der Waals surface area (Å²) >= 11 is 1.61. The number of rotatable bonds is 1. The van der Waals surface area contributed by atoms with Gasteiger partial charge in [-0.1, -0.05) is 18.2 Å². The van der Waals surface area contributed by atoms with Crippen molar-refractivity contribution in [3.8, 4) is 0 Å². The summed E-state index contributed by atoms with van der Waals surface area (Å²) < 4.78 is 0. The van der Waals surface area contributed by atoms with E-state index in [9.17, 15) is 5.11 Å². The Morgan fingerprint density at radius 2 is 2.33 bits per heavy atom. The fourth-order valence-electron chi connectivity index (χ4n) is 1.33. The maximum atomic E-state index is 10.1. The molecule has 2 rings (SSSR count). The van der Waals surface area contributed by atoms with Gasteiger partial charge >= 0.3 is 0 Å². The minimum Gasteiger partial charge on any atom is -0.381 e. The van der Waals surface area contributed by atoms with E-state index in [1.165, 1.54) is 0 Å². The van der Waals surface area contributed by atoms with E-state index in [-0.39, 0.29) is 0 Å². The summed E-state index contributed by atoms with van der Waals surface area (Å²) in [7, 11) is 0. The Bertz CT molecular complexity index is 311. The molecule has 1 atom stereocenters. The van der Waals surface area contributed by atoms with E-state index < -0.39 is 5.60 Å². The lowest BCUT2D eigenvalue weighted by Gasteiger charge is -2.23. The van der Waals surface area contributed by atoms with Crippen molar-refractivity contribution in [1.29, 1.82) is 0 Å². The summed E-state index contributed by atoms with van der Waals surface area (Å²) in [6.07, 6.45) is 8.36. The van der Waals surface area contributed by atoms with E-state index >= 15 is 0 Å². The molecule has 0 saturated carbocycles. The topological polar surface area (TPSA) is 20.2 Å². The number of hydrogen-bond acceptors (Lipinski definition) is 2. The maximum Gasteiger partial charge on any atom is 0.112 e. The Hall–Kier alpha value is -0.860. The van der Waals surface area contributed by atoms with Crippen molar-refractivity contribution < 1.29 is 5.11 Å². The normalized spacial score (nSPS) is 27.8. The van der Waals surface area contributed by atoms with Crippen molar-refractivity contribution in [2.75, 3.05) is 0 Å². The average molecular weight is 178 g/mol. The average Bonchev–Trinajstić information content (AvgIpc) is 2.58. The van der Waals surface area contributed by atoms with Crippen LogP contribution >= 0.6 is 11.3 Å².